The standard InChI is InChI=1S/C18H13FN6O2S/c19-12-6-8-13(9-7-12)20-14(26)10-28-18-23-22-17-21-16(27)15(24-25(17)18)11-4-2-1-3-5-11/h1-9H,10H2,(H,20,26)(H,21,22,27). The number of carbonyl (C=O) groups is 1. The molecule has 10 heteroatoms. The molecule has 1 amide bonds. The molecule has 0 aliphatic rings. The van der Waals surface area contributed by atoms with Gasteiger partial charge in [0.25, 0.3) is 11.3 Å². The van der Waals surface area contributed by atoms with E-state index in [0.717, 1.165) is 11.8 Å². The second-order valence-corrected chi connectivity index (χ2v) is 6.67. The molecule has 0 fully saturated rings. The topological polar surface area (TPSA) is 105 Å². The zero-order valence-corrected chi connectivity index (χ0v) is 15.1. The Balaban J connectivity index is 1.53. The van der Waals surface area contributed by atoms with Crippen molar-refractivity contribution in [1.29, 1.82) is 0 Å². The number of aromatic nitrogens is 5. The summed E-state index contributed by atoms with van der Waals surface area (Å²) in [6, 6.07) is 14.5. The zero-order chi connectivity index (χ0) is 19.5. The van der Waals surface area contributed by atoms with Crippen molar-refractivity contribution in [2.75, 3.05) is 11.1 Å². The molecule has 4 aromatic rings. The Morgan fingerprint density at radius 2 is 1.86 bits per heavy atom. The number of carbonyl (C=O) groups excluding carboxylic acids is 1. The average Bonchev–Trinajstić information content (AvgIpc) is 3.10. The molecule has 0 radical (unpaired) electrons. The Kier molecular flexibility index (Phi) is 4.85. The highest BCUT2D eigenvalue weighted by Gasteiger charge is 2.14. The van der Waals surface area contributed by atoms with E-state index in [2.05, 4.69) is 25.6 Å². The number of nitrogens with zero attached hydrogens (tertiary/aromatic N) is 4. The molecule has 140 valence electrons. The molecular formula is C18H13FN6O2S. The van der Waals surface area contributed by atoms with Crippen LogP contribution in [0.25, 0.3) is 17.0 Å². The Labute approximate surface area is 161 Å². The van der Waals surface area contributed by atoms with Crippen molar-refractivity contribution in [1.82, 2.24) is 24.8 Å². The Morgan fingerprint density at radius 1 is 1.11 bits per heavy atom. The number of H-pyrrole nitrogens is 1. The molecule has 0 unspecified atom stereocenters. The summed E-state index contributed by atoms with van der Waals surface area (Å²) in [4.78, 5) is 27.0. The van der Waals surface area contributed by atoms with E-state index in [1.54, 1.807) is 12.1 Å². The van der Waals surface area contributed by atoms with Gasteiger partial charge in [-0.25, -0.2) is 4.39 Å². The minimum absolute atomic E-state index is 0.0413. The van der Waals surface area contributed by atoms with Gasteiger partial charge < -0.3 is 5.32 Å². The molecule has 8 nitrogen and oxygen atoms in total. The highest BCUT2D eigenvalue weighted by atomic mass is 32.2. The number of fused-ring (bicyclic) bond motifs is 1. The third-order valence-electron chi connectivity index (χ3n) is 3.76. The smallest absolute Gasteiger partial charge is 0.279 e. The van der Waals surface area contributed by atoms with E-state index in [1.165, 1.54) is 28.8 Å². The largest absolute Gasteiger partial charge is 0.325 e. The van der Waals surface area contributed by atoms with Crippen LogP contribution >= 0.6 is 11.8 Å². The van der Waals surface area contributed by atoms with Crippen LogP contribution in [0.5, 0.6) is 0 Å². The average molecular weight is 396 g/mol. The molecule has 2 N–H and O–H groups in total. The van der Waals surface area contributed by atoms with Crippen LogP contribution in [0, 0.1) is 5.82 Å². The number of hydrogen-bond acceptors (Lipinski definition) is 6. The lowest BCUT2D eigenvalue weighted by molar-refractivity contribution is -0.113. The summed E-state index contributed by atoms with van der Waals surface area (Å²) >= 11 is 1.12. The maximum Gasteiger partial charge on any atom is 0.279 e. The monoisotopic (exact) mass is 396 g/mol. The van der Waals surface area contributed by atoms with Crippen molar-refractivity contribution in [2.24, 2.45) is 0 Å². The first-order valence-electron chi connectivity index (χ1n) is 8.19. The van der Waals surface area contributed by atoms with Crippen LogP contribution in [0.15, 0.2) is 64.5 Å². The normalized spacial score (nSPS) is 10.9. The van der Waals surface area contributed by atoms with Crippen LogP contribution < -0.4 is 10.9 Å². The predicted octanol–water partition coefficient (Wildman–Crippen LogP) is 2.35. The lowest BCUT2D eigenvalue weighted by Crippen LogP contribution is -2.16. The van der Waals surface area contributed by atoms with Crippen molar-refractivity contribution in [3.63, 3.8) is 0 Å². The summed E-state index contributed by atoms with van der Waals surface area (Å²) in [7, 11) is 0. The van der Waals surface area contributed by atoms with Crippen molar-refractivity contribution in [3.05, 3.63) is 70.8 Å². The minimum atomic E-state index is -0.378. The molecule has 28 heavy (non-hydrogen) atoms. The van der Waals surface area contributed by atoms with E-state index in [-0.39, 0.29) is 34.5 Å². The van der Waals surface area contributed by atoms with Gasteiger partial charge >= 0.3 is 0 Å². The molecular weight excluding hydrogens is 383 g/mol. The first kappa shape index (κ1) is 17.9. The minimum Gasteiger partial charge on any atom is -0.325 e. The van der Waals surface area contributed by atoms with Gasteiger partial charge in [0, 0.05) is 11.3 Å². The summed E-state index contributed by atoms with van der Waals surface area (Å²) in [6.45, 7) is 0. The van der Waals surface area contributed by atoms with Crippen molar-refractivity contribution in [3.8, 4) is 11.3 Å². The summed E-state index contributed by atoms with van der Waals surface area (Å²) < 4.78 is 14.3. The summed E-state index contributed by atoms with van der Waals surface area (Å²) in [6.07, 6.45) is 0. The van der Waals surface area contributed by atoms with Crippen LogP contribution in [0.4, 0.5) is 10.1 Å². The van der Waals surface area contributed by atoms with Crippen molar-refractivity contribution < 1.29 is 9.18 Å². The first-order chi connectivity index (χ1) is 13.6. The van der Waals surface area contributed by atoms with Gasteiger partial charge in [-0.15, -0.1) is 10.2 Å². The van der Waals surface area contributed by atoms with Gasteiger partial charge in [0.05, 0.1) is 5.75 Å². The van der Waals surface area contributed by atoms with Crippen molar-refractivity contribution >= 4 is 29.1 Å². The van der Waals surface area contributed by atoms with E-state index in [1.807, 2.05) is 18.2 Å². The van der Waals surface area contributed by atoms with Gasteiger partial charge in [0.15, 0.2) is 5.69 Å². The zero-order valence-electron chi connectivity index (χ0n) is 14.3. The molecule has 0 bridgehead atoms. The van der Waals surface area contributed by atoms with Crippen LogP contribution in [0.1, 0.15) is 0 Å². The second-order valence-electron chi connectivity index (χ2n) is 5.73. The third kappa shape index (κ3) is 3.76. The number of nitrogens with one attached hydrogen (secondary N) is 2. The van der Waals surface area contributed by atoms with Gasteiger partial charge in [-0.1, -0.05) is 42.1 Å². The van der Waals surface area contributed by atoms with Gasteiger partial charge in [-0.2, -0.15) is 9.61 Å². The van der Waals surface area contributed by atoms with E-state index in [9.17, 15) is 14.0 Å². The van der Waals surface area contributed by atoms with Gasteiger partial charge in [0.2, 0.25) is 11.1 Å². The quantitative estimate of drug-likeness (QED) is 0.502. The second kappa shape index (κ2) is 7.61. The van der Waals surface area contributed by atoms with Crippen LogP contribution in [0.2, 0.25) is 0 Å². The number of rotatable bonds is 5. The SMILES string of the molecule is O=C(CSc1nnc2[nH]c(=O)c(-c3ccccc3)nn12)Nc1ccc(F)cc1. The lowest BCUT2D eigenvalue weighted by Gasteiger charge is -2.04. The fourth-order valence-electron chi connectivity index (χ4n) is 2.47. The number of anilines is 1. The van der Waals surface area contributed by atoms with Crippen LogP contribution in [0.3, 0.4) is 0 Å². The number of amides is 1. The van der Waals surface area contributed by atoms with Crippen LogP contribution in [-0.2, 0) is 4.79 Å². The maximum atomic E-state index is 12.9. The molecule has 2 aromatic carbocycles. The Hall–Kier alpha value is -3.53. The molecule has 0 spiro atoms. The lowest BCUT2D eigenvalue weighted by atomic mass is 10.2. The van der Waals surface area contributed by atoms with Gasteiger partial charge in [0.1, 0.15) is 5.82 Å². The van der Waals surface area contributed by atoms with E-state index in [0.29, 0.717) is 16.4 Å². The summed E-state index contributed by atoms with van der Waals surface area (Å²) in [5.74, 6) is -0.441. The molecule has 0 saturated heterocycles. The van der Waals surface area contributed by atoms with Crippen LogP contribution in [-0.4, -0.2) is 36.5 Å². The Bertz CT molecular complexity index is 1190. The third-order valence-corrected chi connectivity index (χ3v) is 4.68. The molecule has 0 atom stereocenters. The summed E-state index contributed by atoms with van der Waals surface area (Å²) in [5, 5.41) is 15.2. The number of aromatic amines is 1. The highest BCUT2D eigenvalue weighted by molar-refractivity contribution is 7.99. The van der Waals surface area contributed by atoms with E-state index >= 15 is 0 Å². The highest BCUT2D eigenvalue weighted by Crippen LogP contribution is 2.18. The molecule has 0 saturated carbocycles. The molecule has 0 aliphatic heterocycles. The molecule has 2 heterocycles. The van der Waals surface area contributed by atoms with E-state index in [4.69, 9.17) is 0 Å². The number of hydrogen-bond donors (Lipinski definition) is 2. The molecule has 4 rings (SSSR count). The predicted molar refractivity (Wildman–Crippen MR) is 103 cm³/mol. The number of halogens is 1. The summed E-state index contributed by atoms with van der Waals surface area (Å²) in [5.41, 5.74) is 0.999. The number of benzene rings is 2. The van der Waals surface area contributed by atoms with E-state index < -0.39 is 0 Å². The fraction of sp³-hybridized carbons (Fsp3) is 0.0556. The maximum absolute atomic E-state index is 12.9. The molecule has 2 aromatic heterocycles. The molecule has 0 aliphatic carbocycles. The van der Waals surface area contributed by atoms with Crippen molar-refractivity contribution in [2.45, 2.75) is 5.16 Å². The van der Waals surface area contributed by atoms with Gasteiger partial charge in [-0.3, -0.25) is 14.6 Å². The van der Waals surface area contributed by atoms with Gasteiger partial charge in [-0.05, 0) is 24.3 Å². The Morgan fingerprint density at radius 3 is 2.61 bits per heavy atom. The number of thioether (sulfide) groups is 1. The first-order valence-corrected chi connectivity index (χ1v) is 9.18. The fourth-order valence-corrected chi connectivity index (χ4v) is 3.16.